The van der Waals surface area contributed by atoms with E-state index in [0.29, 0.717) is 45.9 Å². The molecule has 0 saturated heterocycles. The Labute approximate surface area is 136 Å². The molecular weight excluding hydrogens is 320 g/mol. The van der Waals surface area contributed by atoms with E-state index < -0.39 is 6.10 Å². The highest BCUT2D eigenvalue weighted by molar-refractivity contribution is 6.31. The molecule has 1 atom stereocenters. The van der Waals surface area contributed by atoms with Gasteiger partial charge in [-0.1, -0.05) is 11.6 Å². The second-order valence-corrected chi connectivity index (χ2v) is 5.46. The maximum atomic E-state index is 9.36. The summed E-state index contributed by atoms with van der Waals surface area (Å²) in [5.74, 6) is 0.767. The van der Waals surface area contributed by atoms with Crippen LogP contribution in [0.3, 0.4) is 0 Å². The highest BCUT2D eigenvalue weighted by Crippen LogP contribution is 2.26. The maximum Gasteiger partial charge on any atom is 0.227 e. The summed E-state index contributed by atoms with van der Waals surface area (Å²) in [4.78, 5) is 8.56. The van der Waals surface area contributed by atoms with Gasteiger partial charge >= 0.3 is 0 Å². The van der Waals surface area contributed by atoms with Crippen LogP contribution in [0.25, 0.3) is 11.2 Å². The summed E-state index contributed by atoms with van der Waals surface area (Å²) >= 11 is 6.00. The summed E-state index contributed by atoms with van der Waals surface area (Å²) in [5, 5.41) is 26.4. The molecule has 3 rings (SSSR count). The van der Waals surface area contributed by atoms with Crippen LogP contribution >= 0.6 is 11.6 Å². The maximum absolute atomic E-state index is 9.36. The van der Waals surface area contributed by atoms with Crippen LogP contribution in [0.4, 0.5) is 23.1 Å². The Morgan fingerprint density at radius 3 is 2.87 bits per heavy atom. The number of aliphatic hydroxyl groups is 1. The van der Waals surface area contributed by atoms with Crippen LogP contribution < -0.4 is 16.4 Å². The van der Waals surface area contributed by atoms with E-state index in [1.165, 1.54) is 0 Å². The first-order chi connectivity index (χ1) is 11.0. The third-order valence-electron chi connectivity index (χ3n) is 2.92. The molecule has 0 amide bonds. The lowest BCUT2D eigenvalue weighted by Crippen LogP contribution is -2.17. The second kappa shape index (κ2) is 6.23. The average molecular weight is 335 g/mol. The molecule has 0 saturated carbocycles. The Balaban J connectivity index is 1.96. The molecule has 0 bridgehead atoms. The minimum atomic E-state index is -0.532. The summed E-state index contributed by atoms with van der Waals surface area (Å²) in [6.07, 6.45) is -0.532. The number of rotatable bonds is 5. The van der Waals surface area contributed by atoms with Crippen LogP contribution in [0.5, 0.6) is 0 Å². The van der Waals surface area contributed by atoms with Crippen LogP contribution in [-0.2, 0) is 0 Å². The summed E-state index contributed by atoms with van der Waals surface area (Å²) in [7, 11) is 0. The Hall–Kier alpha value is -2.65. The third-order valence-corrected chi connectivity index (χ3v) is 3.14. The lowest BCUT2D eigenvalue weighted by molar-refractivity contribution is 0.208. The van der Waals surface area contributed by atoms with Crippen molar-refractivity contribution in [3.05, 3.63) is 23.2 Å². The van der Waals surface area contributed by atoms with Gasteiger partial charge in [0.1, 0.15) is 0 Å². The molecule has 1 unspecified atom stereocenters. The Morgan fingerprint density at radius 2 is 2.13 bits per heavy atom. The van der Waals surface area contributed by atoms with Crippen molar-refractivity contribution >= 4 is 45.9 Å². The lowest BCUT2D eigenvalue weighted by Gasteiger charge is -2.10. The SMILES string of the molecule is CC(O)CNc1nc(Nc2cc(N)cc(Cl)c2)c2n[nH]nc2n1. The van der Waals surface area contributed by atoms with Crippen molar-refractivity contribution in [1.82, 2.24) is 25.4 Å². The van der Waals surface area contributed by atoms with Gasteiger partial charge in [0.25, 0.3) is 0 Å². The molecule has 120 valence electrons. The number of aromatic amines is 1. The summed E-state index contributed by atoms with van der Waals surface area (Å²) in [6, 6.07) is 5.09. The van der Waals surface area contributed by atoms with Gasteiger partial charge in [0, 0.05) is 22.9 Å². The number of nitrogens with one attached hydrogen (secondary N) is 3. The van der Waals surface area contributed by atoms with Gasteiger partial charge in [0.15, 0.2) is 11.3 Å². The average Bonchev–Trinajstić information content (AvgIpc) is 2.92. The number of nitrogens with zero attached hydrogens (tertiary/aromatic N) is 4. The van der Waals surface area contributed by atoms with Crippen molar-refractivity contribution < 1.29 is 5.11 Å². The number of fused-ring (bicyclic) bond motifs is 1. The van der Waals surface area contributed by atoms with Gasteiger partial charge in [-0.05, 0) is 25.1 Å². The lowest BCUT2D eigenvalue weighted by atomic mass is 10.3. The van der Waals surface area contributed by atoms with Crippen LogP contribution in [0.15, 0.2) is 18.2 Å². The zero-order chi connectivity index (χ0) is 16.4. The molecule has 0 fully saturated rings. The van der Waals surface area contributed by atoms with E-state index in [0.717, 1.165) is 0 Å². The summed E-state index contributed by atoms with van der Waals surface area (Å²) in [6.45, 7) is 1.97. The number of halogens is 1. The summed E-state index contributed by atoms with van der Waals surface area (Å²) in [5.41, 5.74) is 7.85. The first-order valence-electron chi connectivity index (χ1n) is 6.85. The van der Waals surface area contributed by atoms with E-state index in [4.69, 9.17) is 17.3 Å². The highest BCUT2D eigenvalue weighted by atomic mass is 35.5. The van der Waals surface area contributed by atoms with E-state index in [1.807, 2.05) is 0 Å². The summed E-state index contributed by atoms with van der Waals surface area (Å²) < 4.78 is 0. The number of aliphatic hydroxyl groups excluding tert-OH is 1. The van der Waals surface area contributed by atoms with E-state index in [9.17, 15) is 5.11 Å². The number of H-pyrrole nitrogens is 1. The molecule has 0 radical (unpaired) electrons. The predicted octanol–water partition coefficient (Wildman–Crippen LogP) is 1.52. The molecule has 3 aromatic rings. The quantitative estimate of drug-likeness (QED) is 0.443. The Kier molecular flexibility index (Phi) is 4.13. The van der Waals surface area contributed by atoms with Gasteiger partial charge in [0.2, 0.25) is 11.6 Å². The fourth-order valence-electron chi connectivity index (χ4n) is 1.97. The number of anilines is 4. The molecule has 0 aliphatic carbocycles. The third kappa shape index (κ3) is 3.58. The van der Waals surface area contributed by atoms with E-state index >= 15 is 0 Å². The number of benzene rings is 1. The first kappa shape index (κ1) is 15.3. The Bertz CT molecular complexity index is 814. The van der Waals surface area contributed by atoms with Crippen LogP contribution in [-0.4, -0.2) is 43.1 Å². The molecule has 2 heterocycles. The monoisotopic (exact) mass is 334 g/mol. The molecular formula is C13H15ClN8O. The molecule has 10 heteroatoms. The van der Waals surface area contributed by atoms with Gasteiger partial charge in [-0.25, -0.2) is 0 Å². The number of nitrogens with two attached hydrogens (primary N) is 1. The van der Waals surface area contributed by atoms with Crippen molar-refractivity contribution in [1.29, 1.82) is 0 Å². The van der Waals surface area contributed by atoms with Gasteiger partial charge in [-0.2, -0.15) is 20.3 Å². The number of nitrogen functional groups attached to an aromatic ring is 1. The van der Waals surface area contributed by atoms with E-state index in [-0.39, 0.29) is 0 Å². The molecule has 0 spiro atoms. The largest absolute Gasteiger partial charge is 0.399 e. The molecule has 0 aliphatic rings. The number of hydrogen-bond acceptors (Lipinski definition) is 8. The minimum Gasteiger partial charge on any atom is -0.399 e. The molecule has 1 aromatic carbocycles. The van der Waals surface area contributed by atoms with Crippen LogP contribution in [0.1, 0.15) is 6.92 Å². The number of aromatic nitrogens is 5. The predicted molar refractivity (Wildman–Crippen MR) is 88.8 cm³/mol. The van der Waals surface area contributed by atoms with Gasteiger partial charge in [-0.15, -0.1) is 5.10 Å². The van der Waals surface area contributed by atoms with Gasteiger partial charge < -0.3 is 21.5 Å². The fraction of sp³-hybridized carbons (Fsp3) is 0.231. The van der Waals surface area contributed by atoms with Crippen molar-refractivity contribution in [2.75, 3.05) is 22.9 Å². The standard InChI is InChI=1S/C13H15ClN8O/c1-6(23)5-16-13-18-11(10-12(19-13)21-22-20-10)17-9-3-7(14)2-8(15)4-9/h2-4,6,23H,5,15H2,1H3,(H3,16,17,18,19,20,21,22). The molecule has 0 aliphatic heterocycles. The zero-order valence-corrected chi connectivity index (χ0v) is 13.0. The van der Waals surface area contributed by atoms with Crippen molar-refractivity contribution in [2.45, 2.75) is 13.0 Å². The topological polar surface area (TPSA) is 138 Å². The van der Waals surface area contributed by atoms with Crippen molar-refractivity contribution in [2.24, 2.45) is 0 Å². The molecule has 2 aromatic heterocycles. The van der Waals surface area contributed by atoms with E-state index in [2.05, 4.69) is 36.0 Å². The number of hydrogen-bond donors (Lipinski definition) is 5. The highest BCUT2D eigenvalue weighted by Gasteiger charge is 2.12. The molecule has 23 heavy (non-hydrogen) atoms. The Morgan fingerprint density at radius 1 is 1.30 bits per heavy atom. The zero-order valence-electron chi connectivity index (χ0n) is 12.2. The molecule has 6 N–H and O–H groups in total. The van der Waals surface area contributed by atoms with E-state index in [1.54, 1.807) is 25.1 Å². The van der Waals surface area contributed by atoms with Gasteiger partial charge in [-0.3, -0.25) is 0 Å². The van der Waals surface area contributed by atoms with Gasteiger partial charge in [0.05, 0.1) is 6.10 Å². The fourth-order valence-corrected chi connectivity index (χ4v) is 2.22. The normalized spacial score (nSPS) is 12.3. The molecule has 9 nitrogen and oxygen atoms in total. The smallest absolute Gasteiger partial charge is 0.227 e. The van der Waals surface area contributed by atoms with Crippen LogP contribution in [0.2, 0.25) is 5.02 Å². The first-order valence-corrected chi connectivity index (χ1v) is 7.22. The van der Waals surface area contributed by atoms with Crippen molar-refractivity contribution in [3.8, 4) is 0 Å². The minimum absolute atomic E-state index is 0.312. The second-order valence-electron chi connectivity index (χ2n) is 5.02. The van der Waals surface area contributed by atoms with Crippen LogP contribution in [0, 0.1) is 0 Å². The van der Waals surface area contributed by atoms with Crippen molar-refractivity contribution in [3.63, 3.8) is 0 Å².